The Hall–Kier alpha value is -2.55. The van der Waals surface area contributed by atoms with E-state index in [1.165, 1.54) is 0 Å². The van der Waals surface area contributed by atoms with E-state index in [4.69, 9.17) is 5.26 Å². The average molecular weight is 342 g/mol. The standard InChI is InChI=1S/C19H26N4O2/c1-3-4-10-21-18(24)16-9-8-14(2)23(13-16)19(25)22-17-7-5-6-15(11-17)12-20/h5-7,11,14,16H,3-4,8-10,13H2,1-2H3,(H,21,24)(H,22,25)/t14-,16-/m1/s1. The van der Waals surface area contributed by atoms with Crippen LogP contribution in [0.1, 0.15) is 45.1 Å². The van der Waals surface area contributed by atoms with Crippen molar-refractivity contribution in [3.8, 4) is 6.07 Å². The van der Waals surface area contributed by atoms with Crippen LogP contribution in [0.4, 0.5) is 10.5 Å². The molecule has 0 aromatic heterocycles. The van der Waals surface area contributed by atoms with Crippen molar-refractivity contribution in [2.24, 2.45) is 5.92 Å². The van der Waals surface area contributed by atoms with Crippen LogP contribution in [0.5, 0.6) is 0 Å². The number of benzene rings is 1. The summed E-state index contributed by atoms with van der Waals surface area (Å²) in [4.78, 5) is 26.6. The highest BCUT2D eigenvalue weighted by Gasteiger charge is 2.32. The number of carbonyl (C=O) groups is 2. The lowest BCUT2D eigenvalue weighted by molar-refractivity contribution is -0.126. The number of hydrogen-bond acceptors (Lipinski definition) is 3. The summed E-state index contributed by atoms with van der Waals surface area (Å²) in [5, 5.41) is 14.7. The van der Waals surface area contributed by atoms with Gasteiger partial charge in [0, 0.05) is 24.8 Å². The minimum Gasteiger partial charge on any atom is -0.356 e. The number of unbranched alkanes of at least 4 members (excludes halogenated alkanes) is 1. The van der Waals surface area contributed by atoms with Crippen molar-refractivity contribution in [1.29, 1.82) is 5.26 Å². The summed E-state index contributed by atoms with van der Waals surface area (Å²) < 4.78 is 0. The number of rotatable bonds is 5. The largest absolute Gasteiger partial charge is 0.356 e. The predicted molar refractivity (Wildman–Crippen MR) is 97.0 cm³/mol. The summed E-state index contributed by atoms with van der Waals surface area (Å²) in [5.41, 5.74) is 1.09. The number of carbonyl (C=O) groups excluding carboxylic acids is 2. The molecule has 3 amide bonds. The van der Waals surface area contributed by atoms with Gasteiger partial charge in [0.15, 0.2) is 0 Å². The lowest BCUT2D eigenvalue weighted by Crippen LogP contribution is -2.50. The first-order valence-corrected chi connectivity index (χ1v) is 8.90. The monoisotopic (exact) mass is 342 g/mol. The molecule has 0 unspecified atom stereocenters. The fraction of sp³-hybridized carbons (Fsp3) is 0.526. The third-order valence-corrected chi connectivity index (χ3v) is 4.59. The first-order chi connectivity index (χ1) is 12.0. The number of hydrogen-bond donors (Lipinski definition) is 2. The van der Waals surface area contributed by atoms with Crippen molar-refractivity contribution < 1.29 is 9.59 Å². The molecule has 1 aromatic rings. The maximum absolute atomic E-state index is 12.6. The summed E-state index contributed by atoms with van der Waals surface area (Å²) in [6.07, 6.45) is 3.61. The molecule has 0 saturated carbocycles. The molecular formula is C19H26N4O2. The Morgan fingerprint density at radius 1 is 1.36 bits per heavy atom. The highest BCUT2D eigenvalue weighted by atomic mass is 16.2. The summed E-state index contributed by atoms with van der Waals surface area (Å²) in [6.45, 7) is 5.19. The number of amides is 3. The van der Waals surface area contributed by atoms with E-state index in [2.05, 4.69) is 23.6 Å². The predicted octanol–water partition coefficient (Wildman–Crippen LogP) is 3.11. The molecule has 2 rings (SSSR count). The second-order valence-corrected chi connectivity index (χ2v) is 6.54. The van der Waals surface area contributed by atoms with Gasteiger partial charge in [-0.1, -0.05) is 19.4 Å². The van der Waals surface area contributed by atoms with E-state index < -0.39 is 0 Å². The van der Waals surface area contributed by atoms with E-state index in [-0.39, 0.29) is 23.9 Å². The van der Waals surface area contributed by atoms with Crippen molar-refractivity contribution in [1.82, 2.24) is 10.2 Å². The first kappa shape index (κ1) is 18.8. The highest BCUT2D eigenvalue weighted by molar-refractivity contribution is 5.90. The van der Waals surface area contributed by atoms with Gasteiger partial charge < -0.3 is 15.5 Å². The Labute approximate surface area is 149 Å². The summed E-state index contributed by atoms with van der Waals surface area (Å²) >= 11 is 0. The van der Waals surface area contributed by atoms with Gasteiger partial charge in [-0.3, -0.25) is 4.79 Å². The zero-order valence-corrected chi connectivity index (χ0v) is 14.9. The van der Waals surface area contributed by atoms with Gasteiger partial charge in [-0.05, 0) is 44.4 Å². The summed E-state index contributed by atoms with van der Waals surface area (Å²) in [7, 11) is 0. The minimum absolute atomic E-state index is 0.0321. The Morgan fingerprint density at radius 3 is 2.88 bits per heavy atom. The summed E-state index contributed by atoms with van der Waals surface area (Å²) in [5.74, 6) is -0.131. The fourth-order valence-corrected chi connectivity index (χ4v) is 3.00. The van der Waals surface area contributed by atoms with Gasteiger partial charge in [-0.15, -0.1) is 0 Å². The lowest BCUT2D eigenvalue weighted by Gasteiger charge is -2.37. The van der Waals surface area contributed by atoms with Gasteiger partial charge in [0.05, 0.1) is 17.6 Å². The number of piperidine rings is 1. The third kappa shape index (κ3) is 5.21. The van der Waals surface area contributed by atoms with E-state index in [1.54, 1.807) is 29.2 Å². The van der Waals surface area contributed by atoms with Crippen molar-refractivity contribution >= 4 is 17.6 Å². The smallest absolute Gasteiger partial charge is 0.322 e. The number of nitriles is 1. The average Bonchev–Trinajstić information content (AvgIpc) is 2.62. The highest BCUT2D eigenvalue weighted by Crippen LogP contribution is 2.23. The van der Waals surface area contributed by atoms with E-state index >= 15 is 0 Å². The molecule has 0 bridgehead atoms. The van der Waals surface area contributed by atoms with Crippen molar-refractivity contribution in [3.05, 3.63) is 29.8 Å². The third-order valence-electron chi connectivity index (χ3n) is 4.59. The van der Waals surface area contributed by atoms with Crippen molar-refractivity contribution in [3.63, 3.8) is 0 Å². The van der Waals surface area contributed by atoms with E-state index in [9.17, 15) is 9.59 Å². The summed E-state index contributed by atoms with van der Waals surface area (Å²) in [6, 6.07) is 8.73. The Kier molecular flexibility index (Phi) is 6.81. The van der Waals surface area contributed by atoms with E-state index in [0.717, 1.165) is 25.7 Å². The molecule has 2 atom stereocenters. The molecule has 6 nitrogen and oxygen atoms in total. The van der Waals surface area contributed by atoms with Crippen LogP contribution in [-0.2, 0) is 4.79 Å². The van der Waals surface area contributed by atoms with Crippen LogP contribution in [0.25, 0.3) is 0 Å². The normalized spacial score (nSPS) is 19.8. The van der Waals surface area contributed by atoms with Crippen LogP contribution in [-0.4, -0.2) is 36.0 Å². The number of anilines is 1. The number of nitrogens with one attached hydrogen (secondary N) is 2. The van der Waals surface area contributed by atoms with Crippen LogP contribution in [0.3, 0.4) is 0 Å². The Balaban J connectivity index is 1.97. The maximum atomic E-state index is 12.6. The zero-order valence-electron chi connectivity index (χ0n) is 14.9. The molecule has 0 aliphatic carbocycles. The molecule has 1 aliphatic rings. The molecule has 1 aromatic carbocycles. The topological polar surface area (TPSA) is 85.2 Å². The van der Waals surface area contributed by atoms with Crippen LogP contribution in [0, 0.1) is 17.2 Å². The van der Waals surface area contributed by atoms with Crippen LogP contribution < -0.4 is 10.6 Å². The van der Waals surface area contributed by atoms with Crippen molar-refractivity contribution in [2.75, 3.05) is 18.4 Å². The number of urea groups is 1. The first-order valence-electron chi connectivity index (χ1n) is 8.90. The molecule has 1 heterocycles. The van der Waals surface area contributed by atoms with E-state index in [1.807, 2.05) is 6.92 Å². The number of nitrogens with zero attached hydrogens (tertiary/aromatic N) is 2. The van der Waals surface area contributed by atoms with Gasteiger partial charge in [0.1, 0.15) is 0 Å². The lowest BCUT2D eigenvalue weighted by atomic mass is 9.93. The number of likely N-dealkylation sites (tertiary alicyclic amines) is 1. The van der Waals surface area contributed by atoms with E-state index in [0.29, 0.717) is 24.3 Å². The molecule has 25 heavy (non-hydrogen) atoms. The molecule has 134 valence electrons. The second-order valence-electron chi connectivity index (χ2n) is 6.54. The van der Waals surface area contributed by atoms with Gasteiger partial charge in [0.25, 0.3) is 0 Å². The van der Waals surface area contributed by atoms with Gasteiger partial charge in [-0.2, -0.15) is 5.26 Å². The zero-order chi connectivity index (χ0) is 18.2. The van der Waals surface area contributed by atoms with Gasteiger partial charge in [0.2, 0.25) is 5.91 Å². The maximum Gasteiger partial charge on any atom is 0.322 e. The van der Waals surface area contributed by atoms with Crippen LogP contribution in [0.2, 0.25) is 0 Å². The molecule has 2 N–H and O–H groups in total. The molecule has 0 radical (unpaired) electrons. The molecular weight excluding hydrogens is 316 g/mol. The quantitative estimate of drug-likeness (QED) is 0.806. The molecule has 1 saturated heterocycles. The molecule has 0 spiro atoms. The van der Waals surface area contributed by atoms with Gasteiger partial charge >= 0.3 is 6.03 Å². The Bertz CT molecular complexity index is 653. The minimum atomic E-state index is -0.228. The molecule has 6 heteroatoms. The molecule has 1 fully saturated rings. The van der Waals surface area contributed by atoms with Crippen molar-refractivity contribution in [2.45, 2.75) is 45.6 Å². The second kappa shape index (κ2) is 9.07. The van der Waals surface area contributed by atoms with Gasteiger partial charge in [-0.25, -0.2) is 4.79 Å². The van der Waals surface area contributed by atoms with Crippen LogP contribution in [0.15, 0.2) is 24.3 Å². The Morgan fingerprint density at radius 2 is 2.16 bits per heavy atom. The SMILES string of the molecule is CCCCNC(=O)[C@@H]1CC[C@@H](C)N(C(=O)Nc2cccc(C#N)c2)C1. The molecule has 1 aliphatic heterocycles. The fourth-order valence-electron chi connectivity index (χ4n) is 3.00. The van der Waals surface area contributed by atoms with Crippen LogP contribution >= 0.6 is 0 Å².